The van der Waals surface area contributed by atoms with E-state index in [0.717, 1.165) is 24.3 Å². The first-order chi connectivity index (χ1) is 13.4. The predicted molar refractivity (Wildman–Crippen MR) is 102 cm³/mol. The van der Waals surface area contributed by atoms with Crippen LogP contribution in [-0.2, 0) is 25.7 Å². The van der Waals surface area contributed by atoms with Crippen molar-refractivity contribution in [2.45, 2.75) is 55.3 Å². The van der Waals surface area contributed by atoms with Crippen LogP contribution in [0.1, 0.15) is 37.7 Å². The Bertz CT molecular complexity index is 787. The van der Waals surface area contributed by atoms with Crippen molar-refractivity contribution in [2.24, 2.45) is 0 Å². The Hall–Kier alpha value is -1.65. The minimum absolute atomic E-state index is 0.0129. The van der Waals surface area contributed by atoms with Crippen molar-refractivity contribution in [1.82, 2.24) is 9.21 Å². The molecule has 0 N–H and O–H groups in total. The summed E-state index contributed by atoms with van der Waals surface area (Å²) in [7, 11) is 0.934. The lowest BCUT2D eigenvalue weighted by Crippen LogP contribution is -2.40. The van der Waals surface area contributed by atoms with E-state index in [-0.39, 0.29) is 22.9 Å². The quantitative estimate of drug-likeness (QED) is 0.659. The van der Waals surface area contributed by atoms with Crippen molar-refractivity contribution in [3.63, 3.8) is 0 Å². The summed E-state index contributed by atoms with van der Waals surface area (Å²) in [5, 5.41) is 0. The molecule has 0 radical (unpaired) electrons. The highest BCUT2D eigenvalue weighted by atomic mass is 32.2. The van der Waals surface area contributed by atoms with Gasteiger partial charge in [-0.15, -0.1) is 0 Å². The normalized spacial score (nSPS) is 20.7. The maximum absolute atomic E-state index is 12.8. The Morgan fingerprint density at radius 1 is 1.07 bits per heavy atom. The lowest BCUT2D eigenvalue weighted by molar-refractivity contribution is -0.137. The first-order valence-corrected chi connectivity index (χ1v) is 10.8. The molecule has 29 heavy (non-hydrogen) atoms. The van der Waals surface area contributed by atoms with Gasteiger partial charge >= 0.3 is 6.18 Å². The summed E-state index contributed by atoms with van der Waals surface area (Å²) in [6.07, 6.45) is -1.74. The minimum Gasteiger partial charge on any atom is -0.378 e. The number of ether oxygens (including phenoxy) is 1. The van der Waals surface area contributed by atoms with E-state index in [2.05, 4.69) is 0 Å². The summed E-state index contributed by atoms with van der Waals surface area (Å²) in [5.41, 5.74) is -0.885. The molecule has 0 heterocycles. The van der Waals surface area contributed by atoms with Crippen LogP contribution in [0, 0.1) is 0 Å². The van der Waals surface area contributed by atoms with Gasteiger partial charge in [0.05, 0.1) is 29.6 Å². The smallest absolute Gasteiger partial charge is 0.378 e. The molecule has 2 rings (SSSR count). The summed E-state index contributed by atoms with van der Waals surface area (Å²) in [5.74, 6) is -0.0129. The molecule has 1 aromatic rings. The van der Waals surface area contributed by atoms with Gasteiger partial charge in [0.1, 0.15) is 0 Å². The Labute approximate surface area is 169 Å². The number of hydrogen-bond acceptors (Lipinski definition) is 4. The summed E-state index contributed by atoms with van der Waals surface area (Å²) < 4.78 is 70.5. The Morgan fingerprint density at radius 2 is 1.62 bits per heavy atom. The third kappa shape index (κ3) is 6.16. The molecule has 6 nitrogen and oxygen atoms in total. The van der Waals surface area contributed by atoms with Crippen LogP contribution in [0.4, 0.5) is 13.2 Å². The van der Waals surface area contributed by atoms with Crippen LogP contribution < -0.4 is 0 Å². The molecule has 0 saturated heterocycles. The van der Waals surface area contributed by atoms with Gasteiger partial charge < -0.3 is 9.64 Å². The lowest BCUT2D eigenvalue weighted by atomic mass is 9.93. The topological polar surface area (TPSA) is 66.9 Å². The van der Waals surface area contributed by atoms with Gasteiger partial charge in [-0.1, -0.05) is 0 Å². The summed E-state index contributed by atoms with van der Waals surface area (Å²) in [4.78, 5) is 12.9. The molecule has 1 aliphatic rings. The highest BCUT2D eigenvalue weighted by molar-refractivity contribution is 7.89. The van der Waals surface area contributed by atoms with E-state index in [4.69, 9.17) is 4.74 Å². The third-order valence-corrected chi connectivity index (χ3v) is 7.11. The fourth-order valence-electron chi connectivity index (χ4n) is 3.29. The molecule has 1 amide bonds. The van der Waals surface area contributed by atoms with Gasteiger partial charge in [-0.25, -0.2) is 8.42 Å². The van der Waals surface area contributed by atoms with E-state index >= 15 is 0 Å². The standard InChI is InChI=1S/C19H27F3N2O4S/c1-23(2)18(25)12-13-28-16-8-6-15(7-9-16)24(3)29(26,27)17-10-4-14(5-11-17)19(20,21)22/h4-5,10-11,15-16H,6-9,12-13H2,1-3H3. The van der Waals surface area contributed by atoms with Gasteiger partial charge in [-0.2, -0.15) is 17.5 Å². The van der Waals surface area contributed by atoms with Gasteiger partial charge in [-0.05, 0) is 49.9 Å². The number of rotatable bonds is 7. The zero-order valence-electron chi connectivity index (χ0n) is 16.8. The summed E-state index contributed by atoms with van der Waals surface area (Å²) in [6, 6.07) is 3.29. The summed E-state index contributed by atoms with van der Waals surface area (Å²) in [6.45, 7) is 0.325. The number of hydrogen-bond donors (Lipinski definition) is 0. The van der Waals surface area contributed by atoms with Crippen LogP contribution in [0.25, 0.3) is 0 Å². The summed E-state index contributed by atoms with van der Waals surface area (Å²) >= 11 is 0. The van der Waals surface area contributed by atoms with E-state index in [1.165, 1.54) is 16.3 Å². The van der Waals surface area contributed by atoms with Crippen LogP contribution in [0.5, 0.6) is 0 Å². The highest BCUT2D eigenvalue weighted by Crippen LogP contribution is 2.32. The average Bonchev–Trinajstić information content (AvgIpc) is 2.67. The second kappa shape index (κ2) is 9.44. The van der Waals surface area contributed by atoms with Crippen molar-refractivity contribution < 1.29 is 31.1 Å². The monoisotopic (exact) mass is 436 g/mol. The van der Waals surface area contributed by atoms with Crippen LogP contribution in [0.3, 0.4) is 0 Å². The van der Waals surface area contributed by atoms with Crippen LogP contribution in [-0.4, -0.2) is 63.4 Å². The second-order valence-corrected chi connectivity index (χ2v) is 9.38. The van der Waals surface area contributed by atoms with Gasteiger partial charge in [-0.3, -0.25) is 4.79 Å². The zero-order valence-corrected chi connectivity index (χ0v) is 17.6. The number of amides is 1. The highest BCUT2D eigenvalue weighted by Gasteiger charge is 2.34. The number of nitrogens with zero attached hydrogens (tertiary/aromatic N) is 2. The zero-order chi connectivity index (χ0) is 21.8. The first-order valence-electron chi connectivity index (χ1n) is 9.40. The second-order valence-electron chi connectivity index (χ2n) is 7.38. The van der Waals surface area contributed by atoms with E-state index in [1.54, 1.807) is 14.1 Å². The molecule has 0 aliphatic heterocycles. The van der Waals surface area contributed by atoms with Crippen molar-refractivity contribution in [1.29, 1.82) is 0 Å². The Morgan fingerprint density at radius 3 is 2.10 bits per heavy atom. The van der Waals surface area contributed by atoms with Crippen LogP contribution >= 0.6 is 0 Å². The fraction of sp³-hybridized carbons (Fsp3) is 0.632. The number of halogens is 3. The third-order valence-electron chi connectivity index (χ3n) is 5.18. The number of benzene rings is 1. The molecule has 0 spiro atoms. The van der Waals surface area contributed by atoms with Crippen LogP contribution in [0.2, 0.25) is 0 Å². The molecule has 10 heteroatoms. The SMILES string of the molecule is CN(C)C(=O)CCOC1CCC(N(C)S(=O)(=O)c2ccc(C(F)(F)F)cc2)CC1. The molecule has 0 unspecified atom stereocenters. The molecule has 1 saturated carbocycles. The van der Waals surface area contributed by atoms with Crippen molar-refractivity contribution >= 4 is 15.9 Å². The minimum atomic E-state index is -4.51. The number of sulfonamides is 1. The predicted octanol–water partition coefficient (Wildman–Crippen LogP) is 3.13. The maximum Gasteiger partial charge on any atom is 0.416 e. The largest absolute Gasteiger partial charge is 0.416 e. The van der Waals surface area contributed by atoms with Crippen molar-refractivity contribution in [3.05, 3.63) is 29.8 Å². The van der Waals surface area contributed by atoms with Gasteiger partial charge in [0.25, 0.3) is 0 Å². The molecule has 1 aromatic carbocycles. The van der Waals surface area contributed by atoms with Gasteiger partial charge in [0.15, 0.2) is 0 Å². The molecule has 0 bridgehead atoms. The Kier molecular flexibility index (Phi) is 7.69. The number of carbonyl (C=O) groups excluding carboxylic acids is 1. The molecule has 1 fully saturated rings. The molecule has 164 valence electrons. The number of carbonyl (C=O) groups is 1. The van der Waals surface area contributed by atoms with E-state index in [1.807, 2.05) is 0 Å². The molecule has 0 aromatic heterocycles. The van der Waals surface area contributed by atoms with Crippen molar-refractivity contribution in [2.75, 3.05) is 27.7 Å². The molecular formula is C19H27F3N2O4S. The van der Waals surface area contributed by atoms with E-state index in [0.29, 0.717) is 38.7 Å². The molecule has 0 atom stereocenters. The van der Waals surface area contributed by atoms with E-state index < -0.39 is 21.8 Å². The maximum atomic E-state index is 12.8. The van der Waals surface area contributed by atoms with Gasteiger partial charge in [0, 0.05) is 27.2 Å². The lowest BCUT2D eigenvalue weighted by Gasteiger charge is -2.34. The average molecular weight is 436 g/mol. The molecule has 1 aliphatic carbocycles. The van der Waals surface area contributed by atoms with Crippen LogP contribution in [0.15, 0.2) is 29.2 Å². The van der Waals surface area contributed by atoms with E-state index in [9.17, 15) is 26.4 Å². The first kappa shape index (κ1) is 23.6. The number of alkyl halides is 3. The van der Waals surface area contributed by atoms with Crippen molar-refractivity contribution in [3.8, 4) is 0 Å². The van der Waals surface area contributed by atoms with Gasteiger partial charge in [0.2, 0.25) is 15.9 Å². The fourth-order valence-corrected chi connectivity index (χ4v) is 4.71. The Balaban J connectivity index is 1.90. The molecular weight excluding hydrogens is 409 g/mol.